The van der Waals surface area contributed by atoms with Gasteiger partial charge in [-0.2, -0.15) is 11.8 Å². The molecule has 0 saturated carbocycles. The molecular weight excluding hydrogens is 309 g/mol. The average Bonchev–Trinajstić information content (AvgIpc) is 2.40. The van der Waals surface area contributed by atoms with Crippen molar-refractivity contribution in [1.82, 2.24) is 0 Å². The number of carbonyl (C=O) groups is 1. The summed E-state index contributed by atoms with van der Waals surface area (Å²) in [4.78, 5) is 11.1. The Morgan fingerprint density at radius 2 is 2.05 bits per heavy atom. The van der Waals surface area contributed by atoms with E-state index in [0.29, 0.717) is 33.9 Å². The number of para-hydroxylation sites is 1. The Bertz CT molecular complexity index is 411. The van der Waals surface area contributed by atoms with Crippen LogP contribution in [0.15, 0.2) is 18.2 Å². The van der Waals surface area contributed by atoms with Crippen molar-refractivity contribution in [2.24, 2.45) is 5.73 Å². The van der Waals surface area contributed by atoms with Crippen molar-refractivity contribution < 1.29 is 14.3 Å². The van der Waals surface area contributed by atoms with Crippen molar-refractivity contribution in [1.29, 1.82) is 0 Å². The summed E-state index contributed by atoms with van der Waals surface area (Å²) < 4.78 is 10.0. The van der Waals surface area contributed by atoms with Gasteiger partial charge in [-0.25, -0.2) is 0 Å². The van der Waals surface area contributed by atoms with Crippen LogP contribution in [0.1, 0.15) is 0 Å². The zero-order chi connectivity index (χ0) is 14.3. The number of thioether (sulfide) groups is 1. The predicted octanol–water partition coefficient (Wildman–Crippen LogP) is 2.61. The average molecular weight is 324 g/mol. The van der Waals surface area contributed by atoms with E-state index in [-0.39, 0.29) is 0 Å². The fourth-order valence-corrected chi connectivity index (χ4v) is 2.52. The largest absolute Gasteiger partial charge is 0.490 e. The topological polar surface area (TPSA) is 61.5 Å². The minimum atomic E-state index is -0.612. The number of nitrogens with two attached hydrogens (primary N) is 1. The standard InChI is InChI=1S/C12H15Cl2NO3S/c1-17-12(16)10(15)7-19-6-5-18-11-8(13)3-2-4-9(11)14/h2-4,10H,5-7,15H2,1H3. The van der Waals surface area contributed by atoms with Crippen LogP contribution >= 0.6 is 35.0 Å². The molecule has 0 fully saturated rings. The molecule has 0 spiro atoms. The third kappa shape index (κ3) is 5.48. The molecule has 0 saturated heterocycles. The molecule has 1 aromatic rings. The maximum absolute atomic E-state index is 11.1. The second-order valence-corrected chi connectivity index (χ2v) is 5.57. The fourth-order valence-electron chi connectivity index (χ4n) is 1.25. The Hall–Kier alpha value is -0.620. The summed E-state index contributed by atoms with van der Waals surface area (Å²) in [7, 11) is 1.31. The molecule has 0 aliphatic heterocycles. The maximum Gasteiger partial charge on any atom is 0.323 e. The summed E-state index contributed by atoms with van der Waals surface area (Å²) in [5.74, 6) is 1.21. The molecule has 19 heavy (non-hydrogen) atoms. The van der Waals surface area contributed by atoms with Gasteiger partial charge in [-0.3, -0.25) is 4.79 Å². The lowest BCUT2D eigenvalue weighted by atomic mass is 10.3. The first-order valence-electron chi connectivity index (χ1n) is 5.54. The van der Waals surface area contributed by atoms with Crippen LogP contribution in [0.2, 0.25) is 10.0 Å². The Kier molecular flexibility index (Phi) is 7.38. The van der Waals surface area contributed by atoms with Gasteiger partial charge in [-0.1, -0.05) is 29.3 Å². The Morgan fingerprint density at radius 1 is 1.42 bits per heavy atom. The highest BCUT2D eigenvalue weighted by atomic mass is 35.5. The van der Waals surface area contributed by atoms with E-state index >= 15 is 0 Å². The number of rotatable bonds is 7. The number of hydrogen-bond donors (Lipinski definition) is 1. The van der Waals surface area contributed by atoms with Gasteiger partial charge < -0.3 is 15.2 Å². The second kappa shape index (κ2) is 8.53. The molecule has 7 heteroatoms. The van der Waals surface area contributed by atoms with Crippen LogP contribution in [0.25, 0.3) is 0 Å². The number of ether oxygens (including phenoxy) is 2. The molecule has 1 aromatic carbocycles. The van der Waals surface area contributed by atoms with Crippen molar-refractivity contribution in [2.45, 2.75) is 6.04 Å². The minimum absolute atomic E-state index is 0.414. The van der Waals surface area contributed by atoms with E-state index in [1.54, 1.807) is 18.2 Å². The van der Waals surface area contributed by atoms with Gasteiger partial charge in [0.15, 0.2) is 5.75 Å². The fraction of sp³-hybridized carbons (Fsp3) is 0.417. The summed E-state index contributed by atoms with van der Waals surface area (Å²) >= 11 is 13.4. The van der Waals surface area contributed by atoms with Gasteiger partial charge in [0.05, 0.1) is 23.8 Å². The van der Waals surface area contributed by atoms with E-state index < -0.39 is 12.0 Å². The van der Waals surface area contributed by atoms with Gasteiger partial charge in [0.2, 0.25) is 0 Å². The monoisotopic (exact) mass is 323 g/mol. The van der Waals surface area contributed by atoms with Crippen LogP contribution in [0.5, 0.6) is 5.75 Å². The van der Waals surface area contributed by atoms with E-state index in [0.717, 1.165) is 0 Å². The van der Waals surface area contributed by atoms with Crippen molar-refractivity contribution in [2.75, 3.05) is 25.2 Å². The quantitative estimate of drug-likeness (QED) is 0.617. The van der Waals surface area contributed by atoms with Crippen LogP contribution in [-0.4, -0.2) is 37.2 Å². The zero-order valence-electron chi connectivity index (χ0n) is 10.4. The first-order valence-corrected chi connectivity index (χ1v) is 7.45. The number of benzene rings is 1. The smallest absolute Gasteiger partial charge is 0.323 e. The molecule has 0 amide bonds. The number of carbonyl (C=O) groups excluding carboxylic acids is 1. The zero-order valence-corrected chi connectivity index (χ0v) is 12.7. The van der Waals surface area contributed by atoms with Gasteiger partial charge >= 0.3 is 5.97 Å². The molecule has 1 rings (SSSR count). The molecule has 0 aliphatic carbocycles. The van der Waals surface area contributed by atoms with E-state index in [9.17, 15) is 4.79 Å². The Balaban J connectivity index is 2.26. The van der Waals surface area contributed by atoms with E-state index in [2.05, 4.69) is 4.74 Å². The highest BCUT2D eigenvalue weighted by Gasteiger charge is 2.13. The first-order chi connectivity index (χ1) is 9.06. The predicted molar refractivity (Wildman–Crippen MR) is 79.3 cm³/mol. The molecule has 4 nitrogen and oxygen atoms in total. The van der Waals surface area contributed by atoms with Crippen molar-refractivity contribution in [3.63, 3.8) is 0 Å². The number of methoxy groups -OCH3 is 1. The molecule has 1 unspecified atom stereocenters. The van der Waals surface area contributed by atoms with Gasteiger partial charge in [0.1, 0.15) is 6.04 Å². The Morgan fingerprint density at radius 3 is 2.63 bits per heavy atom. The van der Waals surface area contributed by atoms with Gasteiger partial charge in [0.25, 0.3) is 0 Å². The molecule has 106 valence electrons. The summed E-state index contributed by atoms with van der Waals surface area (Å²) in [5, 5.41) is 0.951. The number of hydrogen-bond acceptors (Lipinski definition) is 5. The molecule has 0 aliphatic rings. The molecule has 0 radical (unpaired) electrons. The normalized spacial score (nSPS) is 12.0. The SMILES string of the molecule is COC(=O)C(N)CSCCOc1c(Cl)cccc1Cl. The molecule has 0 bridgehead atoms. The van der Waals surface area contributed by atoms with Crippen LogP contribution < -0.4 is 10.5 Å². The first kappa shape index (κ1) is 16.4. The van der Waals surface area contributed by atoms with Crippen LogP contribution in [-0.2, 0) is 9.53 Å². The lowest BCUT2D eigenvalue weighted by molar-refractivity contribution is -0.141. The maximum atomic E-state index is 11.1. The van der Waals surface area contributed by atoms with Crippen LogP contribution in [0.4, 0.5) is 0 Å². The highest BCUT2D eigenvalue weighted by Crippen LogP contribution is 2.32. The summed E-state index contributed by atoms with van der Waals surface area (Å²) in [6, 6.07) is 4.56. The minimum Gasteiger partial charge on any atom is -0.490 e. The molecular formula is C12H15Cl2NO3S. The third-order valence-corrected chi connectivity index (χ3v) is 3.84. The molecule has 1 atom stereocenters. The van der Waals surface area contributed by atoms with Crippen molar-refractivity contribution >= 4 is 40.9 Å². The number of halogens is 2. The molecule has 0 aromatic heterocycles. The van der Waals surface area contributed by atoms with Crippen LogP contribution in [0.3, 0.4) is 0 Å². The Labute approximate surface area is 126 Å². The number of esters is 1. The van der Waals surface area contributed by atoms with Crippen molar-refractivity contribution in [3.05, 3.63) is 28.2 Å². The summed E-state index contributed by atoms with van der Waals surface area (Å²) in [5.41, 5.74) is 5.59. The lowest BCUT2D eigenvalue weighted by Gasteiger charge is -2.11. The third-order valence-electron chi connectivity index (χ3n) is 2.19. The highest BCUT2D eigenvalue weighted by molar-refractivity contribution is 7.99. The van der Waals surface area contributed by atoms with E-state index in [1.165, 1.54) is 18.9 Å². The second-order valence-electron chi connectivity index (χ2n) is 3.60. The summed E-state index contributed by atoms with van der Waals surface area (Å²) in [6.45, 7) is 0.433. The summed E-state index contributed by atoms with van der Waals surface area (Å²) in [6.07, 6.45) is 0. The van der Waals surface area contributed by atoms with Crippen molar-refractivity contribution in [3.8, 4) is 5.75 Å². The lowest BCUT2D eigenvalue weighted by Crippen LogP contribution is -2.34. The van der Waals surface area contributed by atoms with Gasteiger partial charge in [0, 0.05) is 11.5 Å². The van der Waals surface area contributed by atoms with E-state index in [4.69, 9.17) is 33.7 Å². The van der Waals surface area contributed by atoms with Gasteiger partial charge in [-0.05, 0) is 12.1 Å². The molecule has 0 heterocycles. The van der Waals surface area contributed by atoms with E-state index in [1.807, 2.05) is 0 Å². The van der Waals surface area contributed by atoms with Crippen LogP contribution in [0, 0.1) is 0 Å². The van der Waals surface area contributed by atoms with Gasteiger partial charge in [-0.15, -0.1) is 0 Å². The molecule has 2 N–H and O–H groups in total.